The van der Waals surface area contributed by atoms with Gasteiger partial charge in [0.2, 0.25) is 0 Å². The summed E-state index contributed by atoms with van der Waals surface area (Å²) in [5, 5.41) is 4.86. The number of fused-ring (bicyclic) bond motifs is 8. The van der Waals surface area contributed by atoms with E-state index in [1.807, 2.05) is 0 Å². The zero-order valence-corrected chi connectivity index (χ0v) is 45.6. The van der Waals surface area contributed by atoms with Crippen LogP contribution < -0.4 is 9.80 Å². The average molecular weight is 1030 g/mol. The number of para-hydroxylation sites is 4. The van der Waals surface area contributed by atoms with Gasteiger partial charge in [0.05, 0.1) is 0 Å². The van der Waals surface area contributed by atoms with Crippen LogP contribution in [0.15, 0.2) is 267 Å². The molecule has 0 radical (unpaired) electrons. The molecule has 0 unspecified atom stereocenters. The van der Waals surface area contributed by atoms with Gasteiger partial charge in [0.25, 0.3) is 0 Å². The number of rotatable bonds is 11. The maximum Gasteiger partial charge on any atom is 0.0468 e. The summed E-state index contributed by atoms with van der Waals surface area (Å²) in [7, 11) is 0. The van der Waals surface area contributed by atoms with Crippen molar-refractivity contribution in [1.29, 1.82) is 0 Å². The van der Waals surface area contributed by atoms with Crippen molar-refractivity contribution >= 4 is 80.0 Å². The fourth-order valence-corrected chi connectivity index (χ4v) is 12.7. The minimum Gasteiger partial charge on any atom is -0.310 e. The average Bonchev–Trinajstić information content (AvgIpc) is 4.01. The molecule has 0 fully saturated rings. The van der Waals surface area contributed by atoms with Crippen molar-refractivity contribution in [2.24, 2.45) is 0 Å². The van der Waals surface area contributed by atoms with Crippen molar-refractivity contribution in [2.75, 3.05) is 9.80 Å². The maximum absolute atomic E-state index is 2.46. The molecule has 14 rings (SSSR count). The van der Waals surface area contributed by atoms with Gasteiger partial charge in [-0.1, -0.05) is 222 Å². The van der Waals surface area contributed by atoms with Crippen molar-refractivity contribution in [3.63, 3.8) is 0 Å². The van der Waals surface area contributed by atoms with E-state index in [1.54, 1.807) is 0 Å². The van der Waals surface area contributed by atoms with Crippen molar-refractivity contribution in [2.45, 2.75) is 38.5 Å². The van der Waals surface area contributed by atoms with Gasteiger partial charge < -0.3 is 9.80 Å². The van der Waals surface area contributed by atoms with Gasteiger partial charge in [0.1, 0.15) is 0 Å². The third-order valence-corrected chi connectivity index (χ3v) is 16.9. The maximum atomic E-state index is 2.46. The highest BCUT2D eigenvalue weighted by molar-refractivity contribution is 5.94. The van der Waals surface area contributed by atoms with Gasteiger partial charge >= 0.3 is 0 Å². The molecule has 2 nitrogen and oxygen atoms in total. The third kappa shape index (κ3) is 8.71. The summed E-state index contributed by atoms with van der Waals surface area (Å²) in [6.07, 6.45) is 9.04. The summed E-state index contributed by atoms with van der Waals surface area (Å²) in [5.74, 6) is 0. The highest BCUT2D eigenvalue weighted by Gasteiger charge is 2.38. The Bertz CT molecular complexity index is 4030. The number of benzene rings is 12. The number of nitrogens with zero attached hydrogens (tertiary/aromatic N) is 2. The lowest BCUT2D eigenvalue weighted by Gasteiger charge is -2.25. The quantitative estimate of drug-likeness (QED) is 0.119. The molecule has 0 N–H and O–H groups in total. The van der Waals surface area contributed by atoms with Gasteiger partial charge in [-0.05, 0) is 196 Å². The van der Waals surface area contributed by atoms with E-state index < -0.39 is 0 Å². The lowest BCUT2D eigenvalue weighted by molar-refractivity contribution is 0.659. The molecule has 382 valence electrons. The van der Waals surface area contributed by atoms with Gasteiger partial charge in [0.15, 0.2) is 0 Å². The lowest BCUT2D eigenvalue weighted by atomic mass is 9.80. The SMILES string of the molecule is CC1(C)c2cc(/C=C/c3ccc4cc(N(c5ccccc5)c5ccccc5)ccc4c3)ccc2-c2ccc(-c3ccc4c(c3)C(C)(C)c3cc(/C=C/c5ccc6cc(N(c7ccccc7)c7ccccc7)ccc6c5)ccc3-4)cc21. The first kappa shape index (κ1) is 48.6. The van der Waals surface area contributed by atoms with E-state index in [0.717, 1.165) is 34.1 Å². The standard InChI is InChI=1S/C78H60N2/c1-77(2)73-47-55(27-25-53-29-33-59-49-67(39-35-57(59)45-53)79(63-17-9-5-10-18-63)64-19-11-6-12-20-64)31-41-69(73)71-43-37-61(51-75(71)77)62-38-44-72-70-42-32-56(48-74(70)78(3,4)76(72)52-62)28-26-54-30-34-60-50-68(40-36-58(60)46-54)80(65-21-13-7-14-22-65)66-23-15-8-16-24-66/h5-52H,1-4H3/b27-25+,28-26+. The highest BCUT2D eigenvalue weighted by atomic mass is 15.1. The summed E-state index contributed by atoms with van der Waals surface area (Å²) in [4.78, 5) is 4.63. The molecule has 0 amide bonds. The van der Waals surface area contributed by atoms with Gasteiger partial charge in [-0.3, -0.25) is 0 Å². The van der Waals surface area contributed by atoms with Crippen LogP contribution >= 0.6 is 0 Å². The van der Waals surface area contributed by atoms with E-state index in [2.05, 4.69) is 329 Å². The fraction of sp³-hybridized carbons (Fsp3) is 0.0769. The highest BCUT2D eigenvalue weighted by Crippen LogP contribution is 2.53. The number of anilines is 6. The molecular weight excluding hydrogens is 965 g/mol. The van der Waals surface area contributed by atoms with Gasteiger partial charge in [-0.15, -0.1) is 0 Å². The number of hydrogen-bond donors (Lipinski definition) is 0. The molecule has 2 aliphatic rings. The molecule has 0 saturated heterocycles. The summed E-state index contributed by atoms with van der Waals surface area (Å²) in [6, 6.07) is 97.8. The summed E-state index contributed by atoms with van der Waals surface area (Å²) < 4.78 is 0. The molecular formula is C78H60N2. The van der Waals surface area contributed by atoms with Gasteiger partial charge in [0, 0.05) is 45.0 Å². The Kier molecular flexibility index (Phi) is 11.9. The van der Waals surface area contributed by atoms with Gasteiger partial charge in [-0.25, -0.2) is 0 Å². The van der Waals surface area contributed by atoms with Crippen LogP contribution in [0.1, 0.15) is 72.2 Å². The van der Waals surface area contributed by atoms with Crippen LogP contribution in [-0.4, -0.2) is 0 Å². The predicted molar refractivity (Wildman–Crippen MR) is 342 cm³/mol. The second-order valence-corrected chi connectivity index (χ2v) is 22.6. The summed E-state index contributed by atoms with van der Waals surface area (Å²) >= 11 is 0. The van der Waals surface area contributed by atoms with Crippen molar-refractivity contribution in [3.8, 4) is 33.4 Å². The van der Waals surface area contributed by atoms with Crippen molar-refractivity contribution in [3.05, 3.63) is 311 Å². The zero-order chi connectivity index (χ0) is 54.0. The number of hydrogen-bond acceptors (Lipinski definition) is 2. The van der Waals surface area contributed by atoms with E-state index in [1.165, 1.54) is 99.4 Å². The molecule has 12 aromatic rings. The molecule has 0 aliphatic heterocycles. The van der Waals surface area contributed by atoms with Crippen molar-refractivity contribution < 1.29 is 0 Å². The molecule has 80 heavy (non-hydrogen) atoms. The smallest absolute Gasteiger partial charge is 0.0468 e. The Labute approximate surface area is 470 Å². The van der Waals surface area contributed by atoms with Crippen LogP contribution in [0.4, 0.5) is 34.1 Å². The second kappa shape index (κ2) is 19.6. The van der Waals surface area contributed by atoms with E-state index in [0.29, 0.717) is 0 Å². The van der Waals surface area contributed by atoms with Crippen LogP contribution in [-0.2, 0) is 10.8 Å². The van der Waals surface area contributed by atoms with Gasteiger partial charge in [-0.2, -0.15) is 0 Å². The van der Waals surface area contributed by atoms with Crippen LogP contribution in [0.5, 0.6) is 0 Å². The fourth-order valence-electron chi connectivity index (χ4n) is 12.7. The molecule has 0 atom stereocenters. The van der Waals surface area contributed by atoms with E-state index in [-0.39, 0.29) is 10.8 Å². The molecule has 0 bridgehead atoms. The third-order valence-electron chi connectivity index (χ3n) is 16.9. The van der Waals surface area contributed by atoms with Crippen LogP contribution in [0.3, 0.4) is 0 Å². The first-order chi connectivity index (χ1) is 39.1. The van der Waals surface area contributed by atoms with Crippen LogP contribution in [0.25, 0.3) is 79.2 Å². The first-order valence-corrected chi connectivity index (χ1v) is 28.0. The van der Waals surface area contributed by atoms with Crippen LogP contribution in [0, 0.1) is 0 Å². The van der Waals surface area contributed by atoms with Crippen molar-refractivity contribution in [1.82, 2.24) is 0 Å². The lowest BCUT2D eigenvalue weighted by Crippen LogP contribution is -2.15. The van der Waals surface area contributed by atoms with E-state index >= 15 is 0 Å². The molecule has 2 heteroatoms. The zero-order valence-electron chi connectivity index (χ0n) is 45.6. The van der Waals surface area contributed by atoms with Crippen LogP contribution in [0.2, 0.25) is 0 Å². The summed E-state index contributed by atoms with van der Waals surface area (Å²) in [5.41, 5.74) is 24.6. The monoisotopic (exact) mass is 1020 g/mol. The molecule has 12 aromatic carbocycles. The Balaban J connectivity index is 0.679. The Morgan fingerprint density at radius 1 is 0.237 bits per heavy atom. The molecule has 0 spiro atoms. The van der Waals surface area contributed by atoms with E-state index in [9.17, 15) is 0 Å². The normalized spacial score (nSPS) is 13.6. The molecule has 0 saturated carbocycles. The topological polar surface area (TPSA) is 6.48 Å². The summed E-state index contributed by atoms with van der Waals surface area (Å²) in [6.45, 7) is 9.56. The molecule has 0 aromatic heterocycles. The Morgan fingerprint density at radius 2 is 0.512 bits per heavy atom. The van der Waals surface area contributed by atoms with E-state index in [4.69, 9.17) is 0 Å². The molecule has 0 heterocycles. The largest absolute Gasteiger partial charge is 0.310 e. The minimum atomic E-state index is -0.155. The Morgan fingerprint density at radius 3 is 0.863 bits per heavy atom. The predicted octanol–water partition coefficient (Wildman–Crippen LogP) is 21.6. The first-order valence-electron chi connectivity index (χ1n) is 28.0. The second-order valence-electron chi connectivity index (χ2n) is 22.6. The minimum absolute atomic E-state index is 0.155. The Hall–Kier alpha value is -9.76. The molecule has 2 aliphatic carbocycles.